The number of hydrogen-bond acceptors (Lipinski definition) is 5. The highest BCUT2D eigenvalue weighted by atomic mass is 32.2. The molecule has 0 radical (unpaired) electrons. The monoisotopic (exact) mass is 450 g/mol. The lowest BCUT2D eigenvalue weighted by molar-refractivity contribution is -0.113. The number of thioether (sulfide) groups is 1. The Balaban J connectivity index is 1.68. The van der Waals surface area contributed by atoms with E-state index in [9.17, 15) is 4.79 Å². The van der Waals surface area contributed by atoms with Crippen molar-refractivity contribution in [1.29, 1.82) is 0 Å². The second kappa shape index (κ2) is 11.0. The molecule has 1 amide bonds. The van der Waals surface area contributed by atoms with Crippen LogP contribution in [-0.2, 0) is 24.4 Å². The van der Waals surface area contributed by atoms with Crippen LogP contribution in [0.15, 0.2) is 54.2 Å². The molecule has 0 fully saturated rings. The molecule has 3 rings (SSSR count). The van der Waals surface area contributed by atoms with Gasteiger partial charge in [0.1, 0.15) is 12.4 Å². The van der Waals surface area contributed by atoms with Crippen LogP contribution in [0.5, 0.6) is 5.75 Å². The number of para-hydroxylation sites is 2. The molecule has 1 N–H and O–H groups in total. The molecule has 7 heteroatoms. The second-order valence-electron chi connectivity index (χ2n) is 7.61. The van der Waals surface area contributed by atoms with E-state index in [2.05, 4.69) is 29.0 Å². The number of rotatable bonds is 10. The number of nitrogens with zero attached hydrogens (tertiary/aromatic N) is 3. The number of amides is 1. The van der Waals surface area contributed by atoms with Crippen LogP contribution in [0.4, 0.5) is 5.69 Å². The first kappa shape index (κ1) is 23.6. The molecule has 32 heavy (non-hydrogen) atoms. The molecule has 168 valence electrons. The van der Waals surface area contributed by atoms with Gasteiger partial charge in [0.25, 0.3) is 0 Å². The van der Waals surface area contributed by atoms with E-state index in [0.717, 1.165) is 40.1 Å². The third-order valence-corrected chi connectivity index (χ3v) is 6.16. The molecule has 6 nitrogen and oxygen atoms in total. The maximum Gasteiger partial charge on any atom is 0.234 e. The summed E-state index contributed by atoms with van der Waals surface area (Å²) in [6, 6.07) is 12.1. The Morgan fingerprint density at radius 1 is 1.12 bits per heavy atom. The summed E-state index contributed by atoms with van der Waals surface area (Å²) in [6.07, 6.45) is 2.65. The van der Waals surface area contributed by atoms with E-state index in [0.29, 0.717) is 24.1 Å². The summed E-state index contributed by atoms with van der Waals surface area (Å²) in [5.41, 5.74) is 5.24. The molecule has 0 atom stereocenters. The summed E-state index contributed by atoms with van der Waals surface area (Å²) >= 11 is 1.36. The van der Waals surface area contributed by atoms with Crippen molar-refractivity contribution in [1.82, 2.24) is 14.8 Å². The Morgan fingerprint density at radius 3 is 2.50 bits per heavy atom. The molecule has 1 heterocycles. The minimum atomic E-state index is -0.0690. The van der Waals surface area contributed by atoms with Gasteiger partial charge in [0.15, 0.2) is 11.0 Å². The van der Waals surface area contributed by atoms with Gasteiger partial charge in [-0.25, -0.2) is 0 Å². The number of aromatic nitrogens is 3. The first-order valence-corrected chi connectivity index (χ1v) is 11.7. The van der Waals surface area contributed by atoms with Gasteiger partial charge in [-0.05, 0) is 49.4 Å². The Hall–Kier alpha value is -3.06. The van der Waals surface area contributed by atoms with Crippen molar-refractivity contribution in [2.45, 2.75) is 52.4 Å². The highest BCUT2D eigenvalue weighted by Crippen LogP contribution is 2.25. The summed E-state index contributed by atoms with van der Waals surface area (Å²) < 4.78 is 7.99. The van der Waals surface area contributed by atoms with E-state index < -0.39 is 0 Å². The lowest BCUT2D eigenvalue weighted by Crippen LogP contribution is -2.17. The normalized spacial score (nSPS) is 10.8. The van der Waals surface area contributed by atoms with Crippen molar-refractivity contribution in [2.24, 2.45) is 0 Å². The van der Waals surface area contributed by atoms with E-state index >= 15 is 0 Å². The van der Waals surface area contributed by atoms with Crippen molar-refractivity contribution in [3.05, 3.63) is 77.1 Å². The van der Waals surface area contributed by atoms with E-state index in [1.54, 1.807) is 6.08 Å². The van der Waals surface area contributed by atoms with E-state index in [4.69, 9.17) is 4.74 Å². The number of ether oxygens (including phenoxy) is 1. The number of carbonyl (C=O) groups is 1. The van der Waals surface area contributed by atoms with Crippen LogP contribution < -0.4 is 10.1 Å². The Bertz CT molecular complexity index is 1090. The van der Waals surface area contributed by atoms with Crippen LogP contribution in [0.1, 0.15) is 35.0 Å². The molecule has 0 saturated heterocycles. The van der Waals surface area contributed by atoms with E-state index in [-0.39, 0.29) is 11.7 Å². The van der Waals surface area contributed by atoms with Crippen molar-refractivity contribution < 1.29 is 9.53 Å². The van der Waals surface area contributed by atoms with Gasteiger partial charge >= 0.3 is 0 Å². The fourth-order valence-corrected chi connectivity index (χ4v) is 4.28. The molecular formula is C25H30N4O2S. The quantitative estimate of drug-likeness (QED) is 0.337. The third-order valence-electron chi connectivity index (χ3n) is 5.20. The van der Waals surface area contributed by atoms with E-state index in [1.807, 2.05) is 61.7 Å². The Kier molecular flexibility index (Phi) is 8.11. The average molecular weight is 451 g/mol. The number of allylic oxidation sites excluding steroid dienone is 1. The second-order valence-corrected chi connectivity index (χ2v) is 8.55. The minimum Gasteiger partial charge on any atom is -0.485 e. The summed E-state index contributed by atoms with van der Waals surface area (Å²) in [4.78, 5) is 12.6. The SMILES string of the molecule is C=CCn1c(COc2c(C)cccc2C)nnc1SCC(=O)Nc1c(C)cccc1CC. The molecule has 0 saturated carbocycles. The predicted octanol–water partition coefficient (Wildman–Crippen LogP) is 5.26. The third kappa shape index (κ3) is 5.59. The molecule has 0 bridgehead atoms. The van der Waals surface area contributed by atoms with Crippen LogP contribution in [0.2, 0.25) is 0 Å². The fourth-order valence-electron chi connectivity index (χ4n) is 3.52. The lowest BCUT2D eigenvalue weighted by atomic mass is 10.1. The molecule has 0 aliphatic rings. The number of benzene rings is 2. The van der Waals surface area contributed by atoms with Gasteiger partial charge in [0, 0.05) is 12.2 Å². The number of aryl methyl sites for hydroxylation is 4. The molecule has 2 aromatic carbocycles. The van der Waals surface area contributed by atoms with Crippen LogP contribution in [-0.4, -0.2) is 26.4 Å². The number of anilines is 1. The molecule has 1 aromatic heterocycles. The van der Waals surface area contributed by atoms with Crippen LogP contribution in [0, 0.1) is 20.8 Å². The molecule has 3 aromatic rings. The topological polar surface area (TPSA) is 69.0 Å². The largest absolute Gasteiger partial charge is 0.485 e. The summed E-state index contributed by atoms with van der Waals surface area (Å²) in [5.74, 6) is 1.73. The van der Waals surface area contributed by atoms with Crippen molar-refractivity contribution in [2.75, 3.05) is 11.1 Å². The number of nitrogens with one attached hydrogen (secondary N) is 1. The fraction of sp³-hybridized carbons (Fsp3) is 0.320. The summed E-state index contributed by atoms with van der Waals surface area (Å²) in [7, 11) is 0. The van der Waals surface area contributed by atoms with E-state index in [1.165, 1.54) is 11.8 Å². The molecular weight excluding hydrogens is 420 g/mol. The van der Waals surface area contributed by atoms with Crippen LogP contribution >= 0.6 is 11.8 Å². The van der Waals surface area contributed by atoms with Gasteiger partial charge in [0.05, 0.1) is 5.75 Å². The lowest BCUT2D eigenvalue weighted by Gasteiger charge is -2.13. The number of hydrogen-bond donors (Lipinski definition) is 1. The molecule has 0 unspecified atom stereocenters. The molecule has 0 aliphatic heterocycles. The zero-order valence-corrected chi connectivity index (χ0v) is 20.0. The first-order chi connectivity index (χ1) is 15.4. The van der Waals surface area contributed by atoms with Crippen molar-refractivity contribution in [3.63, 3.8) is 0 Å². The van der Waals surface area contributed by atoms with Gasteiger partial charge in [-0.3, -0.25) is 9.36 Å². The standard InChI is InChI=1S/C25H30N4O2S/c1-6-14-29-21(15-31-24-18(4)11-8-12-19(24)5)27-28-25(29)32-16-22(30)26-23-17(3)10-9-13-20(23)7-2/h6,8-13H,1,7,14-16H2,2-5H3,(H,26,30). The average Bonchev–Trinajstić information content (AvgIpc) is 3.15. The number of carbonyl (C=O) groups excluding carboxylic acids is 1. The van der Waals surface area contributed by atoms with Gasteiger partial charge in [-0.15, -0.1) is 16.8 Å². The summed E-state index contributed by atoms with van der Waals surface area (Å²) in [6.45, 7) is 12.8. The Morgan fingerprint density at radius 2 is 1.81 bits per heavy atom. The van der Waals surface area contributed by atoms with Crippen molar-refractivity contribution in [3.8, 4) is 5.75 Å². The van der Waals surface area contributed by atoms with Gasteiger partial charge in [0.2, 0.25) is 5.91 Å². The van der Waals surface area contributed by atoms with Gasteiger partial charge in [-0.2, -0.15) is 0 Å². The van der Waals surface area contributed by atoms with Gasteiger partial charge < -0.3 is 10.1 Å². The zero-order chi connectivity index (χ0) is 23.1. The first-order valence-electron chi connectivity index (χ1n) is 10.7. The van der Waals surface area contributed by atoms with Crippen LogP contribution in [0.3, 0.4) is 0 Å². The predicted molar refractivity (Wildman–Crippen MR) is 130 cm³/mol. The Labute approximate surface area is 194 Å². The highest BCUT2D eigenvalue weighted by molar-refractivity contribution is 7.99. The zero-order valence-electron chi connectivity index (χ0n) is 19.1. The smallest absolute Gasteiger partial charge is 0.234 e. The molecule has 0 spiro atoms. The van der Waals surface area contributed by atoms with Crippen molar-refractivity contribution >= 4 is 23.4 Å². The van der Waals surface area contributed by atoms with Gasteiger partial charge in [-0.1, -0.05) is 61.2 Å². The molecule has 0 aliphatic carbocycles. The summed E-state index contributed by atoms with van der Waals surface area (Å²) in [5, 5.41) is 12.3. The minimum absolute atomic E-state index is 0.0690. The maximum absolute atomic E-state index is 12.6. The highest BCUT2D eigenvalue weighted by Gasteiger charge is 2.16. The maximum atomic E-state index is 12.6. The van der Waals surface area contributed by atoms with Crippen LogP contribution in [0.25, 0.3) is 0 Å².